The molecule has 0 fully saturated rings. The maximum absolute atomic E-state index is 8.06. The molecule has 1 heterocycles. The number of aliphatic imine (C=N–C) groups is 1. The Morgan fingerprint density at radius 2 is 2.20 bits per heavy atom. The molecule has 10 heavy (non-hydrogen) atoms. The number of nitrogens with one attached hydrogen (secondary N) is 1. The summed E-state index contributed by atoms with van der Waals surface area (Å²) in [6.07, 6.45) is 3.70. The van der Waals surface area contributed by atoms with Crippen molar-refractivity contribution in [3.8, 4) is 0 Å². The minimum absolute atomic E-state index is 0.247. The van der Waals surface area contributed by atoms with Gasteiger partial charge in [-0.1, -0.05) is 0 Å². The molecule has 0 bridgehead atoms. The molecule has 2 N–H and O–H groups in total. The smallest absolute Gasteiger partial charge is 0.253 e. The van der Waals surface area contributed by atoms with Crippen molar-refractivity contribution in [2.75, 3.05) is 0 Å². The normalized spacial score (nSPS) is 10.1. The van der Waals surface area contributed by atoms with Crippen LogP contribution in [0.2, 0.25) is 0 Å². The zero-order valence-electron chi connectivity index (χ0n) is 4.97. The van der Waals surface area contributed by atoms with E-state index in [1.807, 2.05) is 0 Å². The summed E-state index contributed by atoms with van der Waals surface area (Å²) in [6.45, 7) is 0. The first-order chi connectivity index (χ1) is 4.93. The minimum Gasteiger partial charge on any atom is -0.290 e. The van der Waals surface area contributed by atoms with Gasteiger partial charge >= 0.3 is 0 Å². The summed E-state index contributed by atoms with van der Waals surface area (Å²) < 4.78 is 0. The Balaban J connectivity index is 2.67. The molecule has 0 unspecified atom stereocenters. The quantitative estimate of drug-likeness (QED) is 0.328. The molecule has 0 aliphatic rings. The summed E-state index contributed by atoms with van der Waals surface area (Å²) in [6, 6.07) is 0. The highest BCUT2D eigenvalue weighted by Gasteiger charge is 1.84. The lowest BCUT2D eigenvalue weighted by Crippen LogP contribution is -2.01. The number of nitrogens with zero attached hydrogens (tertiary/aromatic N) is 4. The van der Waals surface area contributed by atoms with Crippen molar-refractivity contribution in [1.82, 2.24) is 20.4 Å². The van der Waals surface area contributed by atoms with Gasteiger partial charge in [0, 0.05) is 0 Å². The molecule has 1 aromatic heterocycles. The van der Waals surface area contributed by atoms with Crippen LogP contribution in [0.4, 0.5) is 5.95 Å². The number of hydrogen-bond acceptors (Lipinski definition) is 5. The molecule has 0 saturated carbocycles. The topological polar surface area (TPSA) is 83.3 Å². The van der Waals surface area contributed by atoms with E-state index in [2.05, 4.69) is 19.9 Å². The average Bonchev–Trinajstić information content (AvgIpc) is 2.03. The standard InChI is InChI=1S/C4H5N5O/c10-9-3-8-4-6-1-5-2-7-4/h1-3,10H,(H,5,6,7,8,9). The van der Waals surface area contributed by atoms with Gasteiger partial charge in [0.05, 0.1) is 0 Å². The molecular formula is C4H5N5O. The third-order valence-electron chi connectivity index (χ3n) is 0.717. The Bertz CT molecular complexity index is 210. The summed E-state index contributed by atoms with van der Waals surface area (Å²) in [7, 11) is 0. The molecule has 0 aromatic carbocycles. The van der Waals surface area contributed by atoms with Gasteiger partial charge in [-0.25, -0.2) is 4.98 Å². The van der Waals surface area contributed by atoms with Crippen molar-refractivity contribution in [3.63, 3.8) is 0 Å². The van der Waals surface area contributed by atoms with E-state index in [4.69, 9.17) is 5.21 Å². The van der Waals surface area contributed by atoms with Gasteiger partial charge in [-0.15, -0.1) is 0 Å². The molecular weight excluding hydrogens is 134 g/mol. The Kier molecular flexibility index (Phi) is 2.27. The van der Waals surface area contributed by atoms with E-state index in [9.17, 15) is 0 Å². The zero-order chi connectivity index (χ0) is 7.23. The zero-order valence-corrected chi connectivity index (χ0v) is 4.97. The van der Waals surface area contributed by atoms with Gasteiger partial charge in [-0.2, -0.15) is 15.0 Å². The maximum Gasteiger partial charge on any atom is 0.253 e. The highest BCUT2D eigenvalue weighted by atomic mass is 16.5. The van der Waals surface area contributed by atoms with Crippen LogP contribution in [-0.2, 0) is 0 Å². The van der Waals surface area contributed by atoms with Gasteiger partial charge in [0.2, 0.25) is 0 Å². The number of hydrogen-bond donors (Lipinski definition) is 2. The predicted octanol–water partition coefficient (Wildman–Crippen LogP) is -0.490. The van der Waals surface area contributed by atoms with E-state index in [-0.39, 0.29) is 5.95 Å². The number of hydroxylamine groups is 1. The van der Waals surface area contributed by atoms with E-state index in [1.54, 1.807) is 5.48 Å². The molecule has 52 valence electrons. The average molecular weight is 139 g/mol. The van der Waals surface area contributed by atoms with Crippen LogP contribution in [0.3, 0.4) is 0 Å². The fourth-order valence-corrected chi connectivity index (χ4v) is 0.386. The lowest BCUT2D eigenvalue weighted by molar-refractivity contribution is 0.240. The maximum atomic E-state index is 8.06. The molecule has 6 nitrogen and oxygen atoms in total. The first-order valence-corrected chi connectivity index (χ1v) is 2.47. The molecule has 0 saturated heterocycles. The van der Waals surface area contributed by atoms with E-state index >= 15 is 0 Å². The second-order valence-corrected chi connectivity index (χ2v) is 1.33. The Labute approximate surface area is 56.6 Å². The monoisotopic (exact) mass is 139 g/mol. The molecule has 0 aliphatic heterocycles. The summed E-state index contributed by atoms with van der Waals surface area (Å²) in [5.41, 5.74) is 1.72. The summed E-state index contributed by atoms with van der Waals surface area (Å²) in [5.74, 6) is 0.247. The molecule has 0 spiro atoms. The third kappa shape index (κ3) is 1.75. The van der Waals surface area contributed by atoms with E-state index in [0.717, 1.165) is 6.34 Å². The van der Waals surface area contributed by atoms with Crippen LogP contribution in [0.25, 0.3) is 0 Å². The molecule has 1 aromatic rings. The lowest BCUT2D eigenvalue weighted by Gasteiger charge is -1.86. The Morgan fingerprint density at radius 3 is 2.80 bits per heavy atom. The second-order valence-electron chi connectivity index (χ2n) is 1.33. The van der Waals surface area contributed by atoms with Gasteiger partial charge in [0.1, 0.15) is 19.0 Å². The van der Waals surface area contributed by atoms with Crippen LogP contribution in [0.1, 0.15) is 0 Å². The Hall–Kier alpha value is -1.56. The molecule has 1 rings (SSSR count). The van der Waals surface area contributed by atoms with E-state index in [1.165, 1.54) is 12.7 Å². The highest BCUT2D eigenvalue weighted by molar-refractivity contribution is 5.56. The first-order valence-electron chi connectivity index (χ1n) is 2.47. The highest BCUT2D eigenvalue weighted by Crippen LogP contribution is 1.94. The SMILES string of the molecule is ON/C=N/c1ncncn1. The second kappa shape index (κ2) is 3.46. The Morgan fingerprint density at radius 1 is 1.50 bits per heavy atom. The van der Waals surface area contributed by atoms with Crippen LogP contribution in [0, 0.1) is 0 Å². The van der Waals surface area contributed by atoms with Crippen LogP contribution in [0.5, 0.6) is 0 Å². The van der Waals surface area contributed by atoms with Crippen molar-refractivity contribution in [1.29, 1.82) is 0 Å². The van der Waals surface area contributed by atoms with Crippen molar-refractivity contribution >= 4 is 12.3 Å². The van der Waals surface area contributed by atoms with E-state index < -0.39 is 0 Å². The van der Waals surface area contributed by atoms with Gasteiger partial charge in [-0.3, -0.25) is 10.7 Å². The molecule has 0 atom stereocenters. The summed E-state index contributed by atoms with van der Waals surface area (Å²) >= 11 is 0. The van der Waals surface area contributed by atoms with Crippen molar-refractivity contribution in [2.24, 2.45) is 4.99 Å². The van der Waals surface area contributed by atoms with Gasteiger partial charge in [-0.05, 0) is 0 Å². The summed E-state index contributed by atoms with van der Waals surface area (Å²) in [5, 5.41) is 8.06. The minimum atomic E-state index is 0.247. The van der Waals surface area contributed by atoms with Crippen LogP contribution < -0.4 is 5.48 Å². The number of aromatic nitrogens is 3. The van der Waals surface area contributed by atoms with Crippen LogP contribution in [-0.4, -0.2) is 26.5 Å². The summed E-state index contributed by atoms with van der Waals surface area (Å²) in [4.78, 5) is 14.4. The molecule has 0 amide bonds. The van der Waals surface area contributed by atoms with Gasteiger partial charge in [0.25, 0.3) is 5.95 Å². The van der Waals surface area contributed by atoms with E-state index in [0.29, 0.717) is 0 Å². The fraction of sp³-hybridized carbons (Fsp3) is 0. The molecule has 0 aliphatic carbocycles. The number of rotatable bonds is 2. The van der Waals surface area contributed by atoms with Crippen LogP contribution in [0.15, 0.2) is 17.6 Å². The fourth-order valence-electron chi connectivity index (χ4n) is 0.386. The lowest BCUT2D eigenvalue weighted by atomic mass is 10.9. The van der Waals surface area contributed by atoms with Gasteiger partial charge in [0.15, 0.2) is 0 Å². The largest absolute Gasteiger partial charge is 0.290 e. The molecule has 0 radical (unpaired) electrons. The molecule has 6 heteroatoms. The van der Waals surface area contributed by atoms with Crippen molar-refractivity contribution in [2.45, 2.75) is 0 Å². The van der Waals surface area contributed by atoms with Crippen molar-refractivity contribution in [3.05, 3.63) is 12.7 Å². The van der Waals surface area contributed by atoms with Crippen LogP contribution >= 0.6 is 0 Å². The van der Waals surface area contributed by atoms with Gasteiger partial charge < -0.3 is 0 Å². The predicted molar refractivity (Wildman–Crippen MR) is 32.9 cm³/mol. The first kappa shape index (κ1) is 6.56. The van der Waals surface area contributed by atoms with Crippen molar-refractivity contribution < 1.29 is 5.21 Å². The third-order valence-corrected chi connectivity index (χ3v) is 0.717.